The highest BCUT2D eigenvalue weighted by atomic mass is 19.1. The van der Waals surface area contributed by atoms with Gasteiger partial charge in [0.25, 0.3) is 0 Å². The number of rotatable bonds is 1. The molecule has 1 aromatic heterocycles. The predicted octanol–water partition coefficient (Wildman–Crippen LogP) is 3.83. The first kappa shape index (κ1) is 11.7. The summed E-state index contributed by atoms with van der Waals surface area (Å²) in [5.74, 6) is -0.0674. The Morgan fingerprint density at radius 1 is 1.21 bits per heavy atom. The van der Waals surface area contributed by atoms with Crippen LogP contribution >= 0.6 is 0 Å². The molecule has 0 aliphatic rings. The van der Waals surface area contributed by atoms with Crippen molar-refractivity contribution >= 4 is 16.8 Å². The molecule has 3 rings (SSSR count). The van der Waals surface area contributed by atoms with E-state index in [-0.39, 0.29) is 11.7 Å². The summed E-state index contributed by atoms with van der Waals surface area (Å²) in [6.07, 6.45) is 0. The minimum absolute atomic E-state index is 0.282. The van der Waals surface area contributed by atoms with Gasteiger partial charge >= 0.3 is 0 Å². The number of aromatic nitrogens is 1. The van der Waals surface area contributed by atoms with Gasteiger partial charge in [0.15, 0.2) is 5.58 Å². The average Bonchev–Trinajstić information content (AvgIpc) is 2.82. The maximum absolute atomic E-state index is 13.8. The number of hydrogen-bond acceptors (Lipinski definition) is 3. The third kappa shape index (κ3) is 1.76. The molecular formula is C15H13FN2O. The van der Waals surface area contributed by atoms with Crippen molar-refractivity contribution in [3.05, 3.63) is 47.3 Å². The molecule has 4 heteroatoms. The maximum Gasteiger partial charge on any atom is 0.230 e. The Bertz CT molecular complexity index is 777. The molecule has 19 heavy (non-hydrogen) atoms. The third-order valence-corrected chi connectivity index (χ3v) is 3.25. The normalized spacial score (nSPS) is 11.1. The largest absolute Gasteiger partial charge is 0.436 e. The summed E-state index contributed by atoms with van der Waals surface area (Å²) in [5.41, 5.74) is 10.0. The fourth-order valence-electron chi connectivity index (χ4n) is 2.14. The Kier molecular flexibility index (Phi) is 2.52. The number of oxazole rings is 1. The SMILES string of the molecule is Cc1c(N)cc(C)c2oc(-c3ccccc3F)nc12. The van der Waals surface area contributed by atoms with Gasteiger partial charge < -0.3 is 10.2 Å². The van der Waals surface area contributed by atoms with Gasteiger partial charge in [0.2, 0.25) is 5.89 Å². The van der Waals surface area contributed by atoms with Gasteiger partial charge in [-0.1, -0.05) is 12.1 Å². The van der Waals surface area contributed by atoms with Gasteiger partial charge in [-0.3, -0.25) is 0 Å². The lowest BCUT2D eigenvalue weighted by Gasteiger charge is -2.01. The van der Waals surface area contributed by atoms with E-state index in [1.54, 1.807) is 18.2 Å². The highest BCUT2D eigenvalue weighted by Crippen LogP contribution is 2.32. The van der Waals surface area contributed by atoms with E-state index >= 15 is 0 Å². The fraction of sp³-hybridized carbons (Fsp3) is 0.133. The molecule has 0 saturated heterocycles. The second kappa shape index (κ2) is 4.09. The summed E-state index contributed by atoms with van der Waals surface area (Å²) < 4.78 is 19.5. The number of nitrogens with zero attached hydrogens (tertiary/aromatic N) is 1. The molecule has 0 spiro atoms. The number of aryl methyl sites for hydroxylation is 2. The van der Waals surface area contributed by atoms with Crippen LogP contribution < -0.4 is 5.73 Å². The van der Waals surface area contributed by atoms with E-state index < -0.39 is 0 Å². The third-order valence-electron chi connectivity index (χ3n) is 3.25. The molecule has 0 bridgehead atoms. The van der Waals surface area contributed by atoms with Crippen molar-refractivity contribution in [1.29, 1.82) is 0 Å². The van der Waals surface area contributed by atoms with Crippen LogP contribution in [-0.4, -0.2) is 4.98 Å². The van der Waals surface area contributed by atoms with Gasteiger partial charge in [-0.15, -0.1) is 0 Å². The smallest absolute Gasteiger partial charge is 0.230 e. The van der Waals surface area contributed by atoms with Crippen molar-refractivity contribution in [2.45, 2.75) is 13.8 Å². The molecule has 0 fully saturated rings. The van der Waals surface area contributed by atoms with Crippen LogP contribution in [0.3, 0.4) is 0 Å². The van der Waals surface area contributed by atoms with Crippen LogP contribution in [-0.2, 0) is 0 Å². The van der Waals surface area contributed by atoms with E-state index in [9.17, 15) is 4.39 Å². The van der Waals surface area contributed by atoms with Gasteiger partial charge in [-0.25, -0.2) is 9.37 Å². The predicted molar refractivity (Wildman–Crippen MR) is 73.3 cm³/mol. The lowest BCUT2D eigenvalue weighted by atomic mass is 10.1. The quantitative estimate of drug-likeness (QED) is 0.673. The van der Waals surface area contributed by atoms with Crippen LogP contribution in [0.2, 0.25) is 0 Å². The first-order valence-corrected chi connectivity index (χ1v) is 5.99. The molecule has 1 heterocycles. The number of fused-ring (bicyclic) bond motifs is 1. The highest BCUT2D eigenvalue weighted by molar-refractivity contribution is 5.86. The summed E-state index contributed by atoms with van der Waals surface area (Å²) in [6.45, 7) is 3.78. The Morgan fingerprint density at radius 2 is 1.95 bits per heavy atom. The van der Waals surface area contributed by atoms with Crippen LogP contribution in [0.25, 0.3) is 22.6 Å². The van der Waals surface area contributed by atoms with Crippen LogP contribution in [0.5, 0.6) is 0 Å². The number of nitrogens with two attached hydrogens (primary N) is 1. The summed E-state index contributed by atoms with van der Waals surface area (Å²) in [7, 11) is 0. The first-order chi connectivity index (χ1) is 9.08. The number of nitrogen functional groups attached to an aromatic ring is 1. The van der Waals surface area contributed by atoms with Crippen LogP contribution in [0.4, 0.5) is 10.1 Å². The van der Waals surface area contributed by atoms with Crippen molar-refractivity contribution in [3.63, 3.8) is 0 Å². The number of halogens is 1. The van der Waals surface area contributed by atoms with Crippen molar-refractivity contribution in [2.75, 3.05) is 5.73 Å². The van der Waals surface area contributed by atoms with Crippen molar-refractivity contribution < 1.29 is 8.81 Å². The number of hydrogen-bond donors (Lipinski definition) is 1. The molecule has 2 N–H and O–H groups in total. The zero-order valence-corrected chi connectivity index (χ0v) is 10.7. The molecule has 2 aromatic carbocycles. The summed E-state index contributed by atoms with van der Waals surface area (Å²) in [5, 5.41) is 0. The van der Waals surface area contributed by atoms with E-state index in [0.29, 0.717) is 22.4 Å². The van der Waals surface area contributed by atoms with Crippen molar-refractivity contribution in [3.8, 4) is 11.5 Å². The minimum Gasteiger partial charge on any atom is -0.436 e. The Balaban J connectivity index is 2.31. The van der Waals surface area contributed by atoms with Gasteiger partial charge in [-0.05, 0) is 37.6 Å². The van der Waals surface area contributed by atoms with Crippen LogP contribution in [0.1, 0.15) is 11.1 Å². The Labute approximate surface area is 109 Å². The topological polar surface area (TPSA) is 52.0 Å². The molecular weight excluding hydrogens is 243 g/mol. The summed E-state index contributed by atoms with van der Waals surface area (Å²) >= 11 is 0. The fourth-order valence-corrected chi connectivity index (χ4v) is 2.14. The molecule has 96 valence electrons. The monoisotopic (exact) mass is 256 g/mol. The Morgan fingerprint density at radius 3 is 2.68 bits per heavy atom. The highest BCUT2D eigenvalue weighted by Gasteiger charge is 2.16. The van der Waals surface area contributed by atoms with E-state index in [1.807, 2.05) is 19.9 Å². The average molecular weight is 256 g/mol. The molecule has 0 radical (unpaired) electrons. The lowest BCUT2D eigenvalue weighted by Crippen LogP contribution is -1.91. The van der Waals surface area contributed by atoms with Gasteiger partial charge in [-0.2, -0.15) is 0 Å². The van der Waals surface area contributed by atoms with Crippen molar-refractivity contribution in [1.82, 2.24) is 4.98 Å². The number of anilines is 1. The number of benzene rings is 2. The van der Waals surface area contributed by atoms with E-state index in [2.05, 4.69) is 4.98 Å². The molecule has 0 unspecified atom stereocenters. The van der Waals surface area contributed by atoms with Crippen LogP contribution in [0.15, 0.2) is 34.7 Å². The van der Waals surface area contributed by atoms with Gasteiger partial charge in [0.1, 0.15) is 11.3 Å². The molecule has 0 saturated carbocycles. The second-order valence-electron chi connectivity index (χ2n) is 4.58. The van der Waals surface area contributed by atoms with Crippen LogP contribution in [0, 0.1) is 19.7 Å². The molecule has 0 atom stereocenters. The Hall–Kier alpha value is -2.36. The molecule has 0 aliphatic carbocycles. The first-order valence-electron chi connectivity index (χ1n) is 5.99. The van der Waals surface area contributed by atoms with E-state index in [4.69, 9.17) is 10.2 Å². The molecule has 3 nitrogen and oxygen atoms in total. The standard InChI is InChI=1S/C15H13FN2O/c1-8-7-12(17)9(2)13-14(8)19-15(18-13)10-5-3-4-6-11(10)16/h3-7H,17H2,1-2H3. The van der Waals surface area contributed by atoms with E-state index in [0.717, 1.165) is 11.1 Å². The zero-order valence-electron chi connectivity index (χ0n) is 10.7. The summed E-state index contributed by atoms with van der Waals surface area (Å²) in [4.78, 5) is 4.38. The minimum atomic E-state index is -0.350. The van der Waals surface area contributed by atoms with Gasteiger partial charge in [0.05, 0.1) is 5.56 Å². The van der Waals surface area contributed by atoms with Gasteiger partial charge in [0, 0.05) is 11.3 Å². The summed E-state index contributed by atoms with van der Waals surface area (Å²) in [6, 6.07) is 8.26. The maximum atomic E-state index is 13.8. The molecule has 0 amide bonds. The lowest BCUT2D eigenvalue weighted by molar-refractivity contribution is 0.592. The second-order valence-corrected chi connectivity index (χ2v) is 4.58. The molecule has 0 aliphatic heterocycles. The zero-order chi connectivity index (χ0) is 13.6. The van der Waals surface area contributed by atoms with Crippen molar-refractivity contribution in [2.24, 2.45) is 0 Å². The van der Waals surface area contributed by atoms with E-state index in [1.165, 1.54) is 6.07 Å². The molecule has 3 aromatic rings.